The Kier molecular flexibility index (Phi) is 8.08. The zero-order valence-electron chi connectivity index (χ0n) is 23.1. The van der Waals surface area contributed by atoms with E-state index in [1.54, 1.807) is 43.3 Å². The normalized spacial score (nSPS) is 12.9. The number of carbonyl (C=O) groups excluding carboxylic acids is 3. The van der Waals surface area contributed by atoms with E-state index >= 15 is 0 Å². The Morgan fingerprint density at radius 3 is 2.36 bits per heavy atom. The smallest absolute Gasteiger partial charge is 0.323 e. The molecule has 212 valence electrons. The SMILES string of the molecule is Cc1ccc(-c2ccccc2C(=O)Nc2ccc(C(=O)N3CCC(=O)N(CC(=O)O)c4cc(Cl)ccc43)cc2C)cc1. The van der Waals surface area contributed by atoms with Crippen molar-refractivity contribution in [3.63, 3.8) is 0 Å². The van der Waals surface area contributed by atoms with Crippen LogP contribution >= 0.6 is 11.6 Å². The van der Waals surface area contributed by atoms with Crippen molar-refractivity contribution in [2.75, 3.05) is 28.2 Å². The summed E-state index contributed by atoms with van der Waals surface area (Å²) in [6, 6.07) is 25.0. The van der Waals surface area contributed by atoms with E-state index in [-0.39, 0.29) is 30.5 Å². The molecule has 5 rings (SSSR count). The molecule has 4 aromatic carbocycles. The lowest BCUT2D eigenvalue weighted by Crippen LogP contribution is -2.35. The molecule has 0 aromatic heterocycles. The van der Waals surface area contributed by atoms with Crippen molar-refractivity contribution in [2.45, 2.75) is 20.3 Å². The van der Waals surface area contributed by atoms with Crippen molar-refractivity contribution in [2.24, 2.45) is 0 Å². The summed E-state index contributed by atoms with van der Waals surface area (Å²) in [7, 11) is 0. The van der Waals surface area contributed by atoms with Gasteiger partial charge in [-0.1, -0.05) is 59.6 Å². The zero-order chi connectivity index (χ0) is 30.0. The molecule has 9 heteroatoms. The van der Waals surface area contributed by atoms with E-state index in [0.29, 0.717) is 33.1 Å². The van der Waals surface area contributed by atoms with Gasteiger partial charge >= 0.3 is 5.97 Å². The van der Waals surface area contributed by atoms with E-state index in [1.807, 2.05) is 49.4 Å². The van der Waals surface area contributed by atoms with Crippen molar-refractivity contribution in [3.8, 4) is 11.1 Å². The zero-order valence-corrected chi connectivity index (χ0v) is 23.8. The number of nitrogens with one attached hydrogen (secondary N) is 1. The van der Waals surface area contributed by atoms with Gasteiger partial charge in [0.25, 0.3) is 11.8 Å². The van der Waals surface area contributed by atoms with Gasteiger partial charge in [0.2, 0.25) is 5.91 Å². The highest BCUT2D eigenvalue weighted by atomic mass is 35.5. The Hall–Kier alpha value is -4.95. The van der Waals surface area contributed by atoms with Crippen molar-refractivity contribution in [3.05, 3.63) is 112 Å². The molecule has 3 amide bonds. The van der Waals surface area contributed by atoms with Crippen LogP contribution in [0.1, 0.15) is 38.3 Å². The maximum Gasteiger partial charge on any atom is 0.323 e. The van der Waals surface area contributed by atoms with Gasteiger partial charge in [-0.2, -0.15) is 0 Å². The molecule has 0 unspecified atom stereocenters. The summed E-state index contributed by atoms with van der Waals surface area (Å²) in [6.07, 6.45) is -0.0567. The first-order chi connectivity index (χ1) is 20.1. The van der Waals surface area contributed by atoms with E-state index in [9.17, 15) is 24.3 Å². The molecule has 2 N–H and O–H groups in total. The molecule has 0 aliphatic carbocycles. The van der Waals surface area contributed by atoms with E-state index in [2.05, 4.69) is 5.32 Å². The molecule has 0 saturated heterocycles. The van der Waals surface area contributed by atoms with Crippen LogP contribution in [0, 0.1) is 13.8 Å². The highest BCUT2D eigenvalue weighted by Crippen LogP contribution is 2.36. The Morgan fingerprint density at radius 2 is 1.64 bits per heavy atom. The fourth-order valence-electron chi connectivity index (χ4n) is 5.01. The van der Waals surface area contributed by atoms with Crippen LogP contribution in [-0.4, -0.2) is 41.9 Å². The summed E-state index contributed by atoms with van der Waals surface area (Å²) in [4.78, 5) is 54.0. The first-order valence-corrected chi connectivity index (χ1v) is 13.7. The topological polar surface area (TPSA) is 107 Å². The largest absolute Gasteiger partial charge is 0.480 e. The van der Waals surface area contributed by atoms with Gasteiger partial charge < -0.3 is 15.3 Å². The first-order valence-electron chi connectivity index (χ1n) is 13.3. The van der Waals surface area contributed by atoms with Crippen LogP contribution in [0.3, 0.4) is 0 Å². The monoisotopic (exact) mass is 581 g/mol. The summed E-state index contributed by atoms with van der Waals surface area (Å²) in [5, 5.41) is 12.6. The Labute approximate surface area is 248 Å². The van der Waals surface area contributed by atoms with Crippen LogP contribution in [0.25, 0.3) is 11.1 Å². The molecule has 1 aliphatic rings. The number of benzene rings is 4. The Bertz CT molecular complexity index is 1720. The number of hydrogen-bond acceptors (Lipinski definition) is 4. The summed E-state index contributed by atoms with van der Waals surface area (Å²) in [5.74, 6) is -2.24. The molecule has 0 fully saturated rings. The molecular weight excluding hydrogens is 554 g/mol. The number of aryl methyl sites for hydroxylation is 2. The van der Waals surface area contributed by atoms with Crippen LogP contribution in [0.2, 0.25) is 5.02 Å². The third-order valence-electron chi connectivity index (χ3n) is 7.16. The number of carbonyl (C=O) groups is 4. The standard InChI is InChI=1S/C33H28ClN3O5/c1-20-7-9-22(10-8-20)25-5-3-4-6-26(25)32(41)35-27-13-11-23(17-21(27)2)33(42)36-16-15-30(38)37(19-31(39)40)29-18-24(34)12-14-28(29)36/h3-14,17-18H,15-16,19H2,1-2H3,(H,35,41)(H,39,40). The number of anilines is 3. The second-order valence-electron chi connectivity index (χ2n) is 10.1. The van der Waals surface area contributed by atoms with E-state index in [1.165, 1.54) is 11.0 Å². The van der Waals surface area contributed by atoms with Gasteiger partial charge in [0, 0.05) is 34.8 Å². The maximum atomic E-state index is 13.7. The van der Waals surface area contributed by atoms with Crippen LogP contribution in [-0.2, 0) is 9.59 Å². The molecule has 0 saturated carbocycles. The van der Waals surface area contributed by atoms with E-state index in [4.69, 9.17) is 11.6 Å². The number of halogens is 1. The number of nitrogens with zero attached hydrogens (tertiary/aromatic N) is 2. The molecule has 0 bridgehead atoms. The quantitative estimate of drug-likeness (QED) is 0.276. The molecule has 0 spiro atoms. The van der Waals surface area contributed by atoms with Gasteiger partial charge in [-0.25, -0.2) is 0 Å². The maximum absolute atomic E-state index is 13.7. The van der Waals surface area contributed by atoms with Crippen molar-refractivity contribution in [1.29, 1.82) is 0 Å². The van der Waals surface area contributed by atoms with Crippen molar-refractivity contribution in [1.82, 2.24) is 0 Å². The number of rotatable bonds is 6. The predicted molar refractivity (Wildman–Crippen MR) is 163 cm³/mol. The highest BCUT2D eigenvalue weighted by Gasteiger charge is 2.31. The first kappa shape index (κ1) is 28.6. The van der Waals surface area contributed by atoms with Gasteiger partial charge in [0.05, 0.1) is 11.4 Å². The van der Waals surface area contributed by atoms with Gasteiger partial charge in [-0.15, -0.1) is 0 Å². The predicted octanol–water partition coefficient (Wildman–Crippen LogP) is 6.34. The molecule has 4 aromatic rings. The number of fused-ring (bicyclic) bond motifs is 1. The van der Waals surface area contributed by atoms with Crippen LogP contribution in [0.15, 0.2) is 84.9 Å². The number of aliphatic carboxylic acids is 1. The van der Waals surface area contributed by atoms with Crippen LogP contribution < -0.4 is 15.1 Å². The third-order valence-corrected chi connectivity index (χ3v) is 7.40. The number of amides is 3. The summed E-state index contributed by atoms with van der Waals surface area (Å²) in [5.41, 5.74) is 5.63. The van der Waals surface area contributed by atoms with E-state index < -0.39 is 18.4 Å². The fraction of sp³-hybridized carbons (Fsp3) is 0.152. The minimum Gasteiger partial charge on any atom is -0.480 e. The van der Waals surface area contributed by atoms with Crippen molar-refractivity contribution < 1.29 is 24.3 Å². The van der Waals surface area contributed by atoms with Crippen LogP contribution in [0.4, 0.5) is 17.1 Å². The number of carboxylic acids is 1. The van der Waals surface area contributed by atoms with Gasteiger partial charge in [-0.3, -0.25) is 24.1 Å². The van der Waals surface area contributed by atoms with Crippen molar-refractivity contribution >= 4 is 52.4 Å². The van der Waals surface area contributed by atoms with E-state index in [0.717, 1.165) is 21.6 Å². The molecule has 1 heterocycles. The number of carboxylic acid groups (broad SMARTS) is 1. The highest BCUT2D eigenvalue weighted by molar-refractivity contribution is 6.31. The lowest BCUT2D eigenvalue weighted by atomic mass is 9.98. The Morgan fingerprint density at radius 1 is 0.905 bits per heavy atom. The second-order valence-corrected chi connectivity index (χ2v) is 10.5. The molecular formula is C33H28ClN3O5. The average molecular weight is 582 g/mol. The van der Waals surface area contributed by atoms with Gasteiger partial charge in [-0.05, 0) is 73.0 Å². The molecule has 0 radical (unpaired) electrons. The van der Waals surface area contributed by atoms with Gasteiger partial charge in [0.1, 0.15) is 6.54 Å². The summed E-state index contributed by atoms with van der Waals surface area (Å²) >= 11 is 6.18. The molecule has 42 heavy (non-hydrogen) atoms. The van der Waals surface area contributed by atoms with Gasteiger partial charge in [0.15, 0.2) is 0 Å². The Balaban J connectivity index is 1.41. The average Bonchev–Trinajstić information content (AvgIpc) is 3.10. The summed E-state index contributed by atoms with van der Waals surface area (Å²) in [6.45, 7) is 3.32. The fourth-order valence-corrected chi connectivity index (χ4v) is 5.17. The minimum absolute atomic E-state index is 0.0567. The number of hydrogen-bond donors (Lipinski definition) is 2. The summed E-state index contributed by atoms with van der Waals surface area (Å²) < 4.78 is 0. The molecule has 8 nitrogen and oxygen atoms in total. The minimum atomic E-state index is -1.18. The second kappa shape index (κ2) is 11.9. The van der Waals surface area contributed by atoms with Crippen LogP contribution in [0.5, 0.6) is 0 Å². The lowest BCUT2D eigenvalue weighted by molar-refractivity contribution is -0.136. The lowest BCUT2D eigenvalue weighted by Gasteiger charge is -2.25. The molecule has 0 atom stereocenters. The molecule has 1 aliphatic heterocycles. The third kappa shape index (κ3) is 5.89.